The minimum absolute atomic E-state index is 0.125. The fourth-order valence-electron chi connectivity index (χ4n) is 6.46. The van der Waals surface area contributed by atoms with Crippen LogP contribution in [0.1, 0.15) is 44.1 Å². The van der Waals surface area contributed by atoms with E-state index in [2.05, 4.69) is 5.32 Å². The maximum Gasteiger partial charge on any atom is 0.230 e. The molecule has 4 saturated carbocycles. The minimum atomic E-state index is -0.125. The van der Waals surface area contributed by atoms with Crippen LogP contribution in [0.5, 0.6) is 0 Å². The molecule has 28 heavy (non-hydrogen) atoms. The second kappa shape index (κ2) is 7.18. The molecule has 1 aromatic rings. The molecule has 1 heterocycles. The highest BCUT2D eigenvalue weighted by molar-refractivity contribution is 5.95. The Kier molecular flexibility index (Phi) is 4.66. The number of ether oxygens (including phenoxy) is 1. The van der Waals surface area contributed by atoms with Crippen molar-refractivity contribution in [2.24, 2.45) is 23.2 Å². The lowest BCUT2D eigenvalue weighted by molar-refractivity contribution is -0.140. The number of nitrogens with one attached hydrogen (secondary N) is 1. The van der Waals surface area contributed by atoms with Crippen LogP contribution in [0.3, 0.4) is 0 Å². The van der Waals surface area contributed by atoms with Crippen LogP contribution in [0.15, 0.2) is 24.3 Å². The van der Waals surface area contributed by atoms with Gasteiger partial charge in [0.2, 0.25) is 11.8 Å². The maximum atomic E-state index is 13.2. The second-order valence-electron chi connectivity index (χ2n) is 9.52. The number of nitrogens with zero attached hydrogens (tertiary/aromatic N) is 1. The Hall–Kier alpha value is -1.88. The first-order valence-electron chi connectivity index (χ1n) is 10.9. The first-order chi connectivity index (χ1) is 13.6. The average Bonchev–Trinajstić information content (AvgIpc) is 2.69. The SMILES string of the molecule is O=C(Cc1ccc(NC(=O)C23CC4CC(CC(C4)C2)C3)cc1)N1CCOCC1. The normalized spacial score (nSPS) is 33.7. The zero-order valence-corrected chi connectivity index (χ0v) is 16.5. The Morgan fingerprint density at radius 3 is 2.11 bits per heavy atom. The molecule has 0 unspecified atom stereocenters. The summed E-state index contributed by atoms with van der Waals surface area (Å²) < 4.78 is 5.31. The zero-order valence-electron chi connectivity index (χ0n) is 16.5. The summed E-state index contributed by atoms with van der Waals surface area (Å²) in [5.41, 5.74) is 1.72. The van der Waals surface area contributed by atoms with Gasteiger partial charge in [0.15, 0.2) is 0 Å². The zero-order chi connectivity index (χ0) is 19.1. The van der Waals surface area contributed by atoms with Gasteiger partial charge in [-0.25, -0.2) is 0 Å². The molecule has 0 radical (unpaired) electrons. The number of carbonyl (C=O) groups excluding carboxylic acids is 2. The smallest absolute Gasteiger partial charge is 0.230 e. The van der Waals surface area contributed by atoms with E-state index in [1.54, 1.807) is 0 Å². The quantitative estimate of drug-likeness (QED) is 0.870. The molecule has 150 valence electrons. The van der Waals surface area contributed by atoms with Crippen LogP contribution in [-0.2, 0) is 20.7 Å². The molecule has 4 bridgehead atoms. The fourth-order valence-corrected chi connectivity index (χ4v) is 6.46. The van der Waals surface area contributed by atoms with E-state index in [4.69, 9.17) is 4.74 Å². The van der Waals surface area contributed by atoms with Crippen molar-refractivity contribution in [3.05, 3.63) is 29.8 Å². The highest BCUT2D eigenvalue weighted by atomic mass is 16.5. The average molecular weight is 383 g/mol. The summed E-state index contributed by atoms with van der Waals surface area (Å²) in [6.45, 7) is 2.61. The monoisotopic (exact) mass is 382 g/mol. The van der Waals surface area contributed by atoms with Crippen LogP contribution in [0, 0.1) is 23.2 Å². The third kappa shape index (κ3) is 3.45. The summed E-state index contributed by atoms with van der Waals surface area (Å²) in [5, 5.41) is 3.19. The molecule has 4 aliphatic carbocycles. The molecule has 5 aliphatic rings. The van der Waals surface area contributed by atoms with E-state index in [9.17, 15) is 9.59 Å². The summed E-state index contributed by atoms with van der Waals surface area (Å²) in [6, 6.07) is 7.82. The molecule has 1 saturated heterocycles. The van der Waals surface area contributed by atoms with E-state index in [0.717, 1.165) is 48.3 Å². The Morgan fingerprint density at radius 2 is 1.54 bits per heavy atom. The van der Waals surface area contributed by atoms with Crippen molar-refractivity contribution in [2.45, 2.75) is 44.9 Å². The van der Waals surface area contributed by atoms with Crippen molar-refractivity contribution < 1.29 is 14.3 Å². The van der Waals surface area contributed by atoms with Crippen molar-refractivity contribution in [1.82, 2.24) is 4.90 Å². The van der Waals surface area contributed by atoms with E-state index in [1.807, 2.05) is 29.2 Å². The van der Waals surface area contributed by atoms with Crippen molar-refractivity contribution in [2.75, 3.05) is 31.6 Å². The number of hydrogen-bond donors (Lipinski definition) is 1. The molecule has 1 N–H and O–H groups in total. The van der Waals surface area contributed by atoms with Gasteiger partial charge in [0.25, 0.3) is 0 Å². The van der Waals surface area contributed by atoms with Gasteiger partial charge in [-0.1, -0.05) is 12.1 Å². The predicted octanol–water partition coefficient (Wildman–Crippen LogP) is 3.24. The minimum Gasteiger partial charge on any atom is -0.378 e. The fraction of sp³-hybridized carbons (Fsp3) is 0.652. The molecule has 0 spiro atoms. The second-order valence-corrected chi connectivity index (χ2v) is 9.52. The summed E-state index contributed by atoms with van der Waals surface area (Å²) in [6.07, 6.45) is 7.68. The lowest BCUT2D eigenvalue weighted by Crippen LogP contribution is -2.51. The molecular weight excluding hydrogens is 352 g/mol. The first kappa shape index (κ1) is 18.2. The van der Waals surface area contributed by atoms with E-state index in [1.165, 1.54) is 19.3 Å². The first-order valence-corrected chi connectivity index (χ1v) is 10.9. The highest BCUT2D eigenvalue weighted by Gasteiger charge is 2.54. The van der Waals surface area contributed by atoms with Crippen molar-refractivity contribution in [3.63, 3.8) is 0 Å². The predicted molar refractivity (Wildman–Crippen MR) is 107 cm³/mol. The lowest BCUT2D eigenvalue weighted by atomic mass is 9.49. The Labute approximate surface area is 166 Å². The van der Waals surface area contributed by atoms with Gasteiger partial charge in [0.05, 0.1) is 25.0 Å². The third-order valence-corrected chi connectivity index (χ3v) is 7.45. The molecule has 5 nitrogen and oxygen atoms in total. The van der Waals surface area contributed by atoms with Gasteiger partial charge in [-0.2, -0.15) is 0 Å². The highest BCUT2D eigenvalue weighted by Crippen LogP contribution is 2.60. The van der Waals surface area contributed by atoms with Gasteiger partial charge in [-0.15, -0.1) is 0 Å². The van der Waals surface area contributed by atoms with Crippen LogP contribution in [0.25, 0.3) is 0 Å². The van der Waals surface area contributed by atoms with Gasteiger partial charge in [-0.3, -0.25) is 9.59 Å². The summed E-state index contributed by atoms with van der Waals surface area (Å²) in [5.74, 6) is 2.68. The van der Waals surface area contributed by atoms with E-state index in [-0.39, 0.29) is 17.2 Å². The molecular formula is C23H30N2O3. The topological polar surface area (TPSA) is 58.6 Å². The van der Waals surface area contributed by atoms with Gasteiger partial charge in [0.1, 0.15) is 0 Å². The number of morpholine rings is 1. The molecule has 1 aliphatic heterocycles. The standard InChI is InChI=1S/C23H30N2O3/c26-21(25-5-7-28-8-6-25)12-16-1-3-20(4-2-16)24-22(27)23-13-17-9-18(14-23)11-19(10-17)15-23/h1-4,17-19H,5-15H2,(H,24,27). The molecule has 6 rings (SSSR count). The number of rotatable bonds is 4. The third-order valence-electron chi connectivity index (χ3n) is 7.45. The van der Waals surface area contributed by atoms with Crippen LogP contribution in [0.4, 0.5) is 5.69 Å². The van der Waals surface area contributed by atoms with Gasteiger partial charge in [-0.05, 0) is 74.0 Å². The number of carbonyl (C=O) groups is 2. The molecule has 1 aromatic carbocycles. The van der Waals surface area contributed by atoms with Crippen molar-refractivity contribution in [3.8, 4) is 0 Å². The molecule has 0 atom stereocenters. The molecule has 2 amide bonds. The van der Waals surface area contributed by atoms with E-state index in [0.29, 0.717) is 32.7 Å². The number of amides is 2. The van der Waals surface area contributed by atoms with Gasteiger partial charge in [0, 0.05) is 18.8 Å². The Balaban J connectivity index is 1.20. The van der Waals surface area contributed by atoms with E-state index >= 15 is 0 Å². The molecule has 0 aromatic heterocycles. The van der Waals surface area contributed by atoms with Crippen LogP contribution in [0.2, 0.25) is 0 Å². The van der Waals surface area contributed by atoms with Crippen LogP contribution in [-0.4, -0.2) is 43.0 Å². The Bertz CT molecular complexity index is 716. The van der Waals surface area contributed by atoms with Crippen LogP contribution < -0.4 is 5.32 Å². The Morgan fingerprint density at radius 1 is 0.964 bits per heavy atom. The van der Waals surface area contributed by atoms with Crippen molar-refractivity contribution in [1.29, 1.82) is 0 Å². The summed E-state index contributed by atoms with van der Waals surface area (Å²) >= 11 is 0. The summed E-state index contributed by atoms with van der Waals surface area (Å²) in [4.78, 5) is 27.4. The van der Waals surface area contributed by atoms with E-state index < -0.39 is 0 Å². The lowest BCUT2D eigenvalue weighted by Gasteiger charge is -2.55. The van der Waals surface area contributed by atoms with Gasteiger partial charge >= 0.3 is 0 Å². The number of benzene rings is 1. The molecule has 5 fully saturated rings. The maximum absolute atomic E-state index is 13.2. The summed E-state index contributed by atoms with van der Waals surface area (Å²) in [7, 11) is 0. The van der Waals surface area contributed by atoms with Crippen LogP contribution >= 0.6 is 0 Å². The van der Waals surface area contributed by atoms with Crippen molar-refractivity contribution >= 4 is 17.5 Å². The van der Waals surface area contributed by atoms with Gasteiger partial charge < -0.3 is 15.0 Å². The molecule has 5 heteroatoms. The number of anilines is 1. The number of hydrogen-bond acceptors (Lipinski definition) is 3. The largest absolute Gasteiger partial charge is 0.378 e.